The zero-order valence-electron chi connectivity index (χ0n) is 11.5. The molecule has 1 aromatic carbocycles. The number of benzene rings is 1. The van der Waals surface area contributed by atoms with Crippen LogP contribution in [0.5, 0.6) is 0 Å². The number of imide groups is 1. The summed E-state index contributed by atoms with van der Waals surface area (Å²) < 4.78 is 0. The molecular formula is C14H14N2O6. The lowest BCUT2D eigenvalue weighted by molar-refractivity contribution is -0.171. The van der Waals surface area contributed by atoms with Crippen molar-refractivity contribution in [3.63, 3.8) is 0 Å². The molecule has 0 unspecified atom stereocenters. The second-order valence-corrected chi connectivity index (χ2v) is 4.69. The summed E-state index contributed by atoms with van der Waals surface area (Å²) in [6.45, 7) is 0. The smallest absolute Gasteiger partial charge is 0.432 e. The van der Waals surface area contributed by atoms with Crippen LogP contribution < -0.4 is 5.32 Å². The number of carbonyl (C=O) groups excluding carboxylic acids is 3. The molecule has 116 valence electrons. The van der Waals surface area contributed by atoms with Crippen LogP contribution in [0.15, 0.2) is 30.3 Å². The molecule has 1 aromatic rings. The monoisotopic (exact) mass is 306 g/mol. The SMILES string of the molecule is O=C(N[C@H](Cc1ccccc1)C(=O)O)ON1C(=O)CCC1=O. The van der Waals surface area contributed by atoms with Crippen LogP contribution in [0, 0.1) is 0 Å². The summed E-state index contributed by atoms with van der Waals surface area (Å²) in [6, 6.07) is 7.48. The van der Waals surface area contributed by atoms with Gasteiger partial charge in [0.1, 0.15) is 6.04 Å². The first kappa shape index (κ1) is 15.5. The van der Waals surface area contributed by atoms with Gasteiger partial charge in [0.2, 0.25) is 0 Å². The Kier molecular flexibility index (Phi) is 4.72. The van der Waals surface area contributed by atoms with Crippen molar-refractivity contribution in [3.05, 3.63) is 35.9 Å². The van der Waals surface area contributed by atoms with E-state index in [-0.39, 0.29) is 19.3 Å². The van der Waals surface area contributed by atoms with Crippen molar-refractivity contribution in [1.82, 2.24) is 10.4 Å². The van der Waals surface area contributed by atoms with Gasteiger partial charge in [0.25, 0.3) is 11.8 Å². The molecule has 1 aliphatic heterocycles. The Morgan fingerprint density at radius 1 is 1.18 bits per heavy atom. The molecule has 3 amide bonds. The van der Waals surface area contributed by atoms with Gasteiger partial charge in [-0.25, -0.2) is 9.59 Å². The lowest BCUT2D eigenvalue weighted by Crippen LogP contribution is -2.45. The molecule has 1 aliphatic rings. The van der Waals surface area contributed by atoms with Crippen molar-refractivity contribution in [3.8, 4) is 0 Å². The van der Waals surface area contributed by atoms with Gasteiger partial charge in [-0.1, -0.05) is 30.3 Å². The summed E-state index contributed by atoms with van der Waals surface area (Å²) in [5.41, 5.74) is 0.712. The Morgan fingerprint density at radius 2 is 1.77 bits per heavy atom. The van der Waals surface area contributed by atoms with Crippen LogP contribution in [0.2, 0.25) is 0 Å². The molecule has 0 saturated carbocycles. The molecule has 0 aromatic heterocycles. The second kappa shape index (κ2) is 6.70. The van der Waals surface area contributed by atoms with E-state index in [1.54, 1.807) is 30.3 Å². The highest BCUT2D eigenvalue weighted by Gasteiger charge is 2.33. The van der Waals surface area contributed by atoms with Gasteiger partial charge in [-0.3, -0.25) is 9.59 Å². The quantitative estimate of drug-likeness (QED) is 0.765. The maximum Gasteiger partial charge on any atom is 0.432 e. The minimum atomic E-state index is -1.25. The summed E-state index contributed by atoms with van der Waals surface area (Å²) in [4.78, 5) is 50.0. The van der Waals surface area contributed by atoms with Crippen LogP contribution in [0.1, 0.15) is 18.4 Å². The molecule has 1 heterocycles. The number of hydrogen-bond acceptors (Lipinski definition) is 5. The Morgan fingerprint density at radius 3 is 2.32 bits per heavy atom. The van der Waals surface area contributed by atoms with E-state index in [9.17, 15) is 19.2 Å². The zero-order valence-corrected chi connectivity index (χ0v) is 11.5. The van der Waals surface area contributed by atoms with Gasteiger partial charge >= 0.3 is 12.1 Å². The fraction of sp³-hybridized carbons (Fsp3) is 0.286. The Hall–Kier alpha value is -2.90. The van der Waals surface area contributed by atoms with Crippen molar-refractivity contribution < 1.29 is 29.1 Å². The average molecular weight is 306 g/mol. The van der Waals surface area contributed by atoms with Crippen LogP contribution in [-0.4, -0.2) is 40.1 Å². The molecule has 1 saturated heterocycles. The molecule has 0 aliphatic carbocycles. The molecule has 0 spiro atoms. The third-order valence-corrected chi connectivity index (χ3v) is 3.05. The molecule has 2 rings (SSSR count). The second-order valence-electron chi connectivity index (χ2n) is 4.69. The highest BCUT2D eigenvalue weighted by atomic mass is 16.7. The first-order chi connectivity index (χ1) is 10.5. The van der Waals surface area contributed by atoms with Crippen molar-refractivity contribution in [2.45, 2.75) is 25.3 Å². The number of hydrogen-bond donors (Lipinski definition) is 2. The molecule has 2 N–H and O–H groups in total. The summed E-state index contributed by atoms with van der Waals surface area (Å²) in [6.07, 6.45) is -1.17. The van der Waals surface area contributed by atoms with Gasteiger partial charge in [-0.2, -0.15) is 0 Å². The van der Waals surface area contributed by atoms with E-state index in [4.69, 9.17) is 5.11 Å². The van der Waals surface area contributed by atoms with Crippen LogP contribution in [0.4, 0.5) is 4.79 Å². The van der Waals surface area contributed by atoms with Crippen LogP contribution in [-0.2, 0) is 25.6 Å². The van der Waals surface area contributed by atoms with Crippen LogP contribution in [0.3, 0.4) is 0 Å². The topological polar surface area (TPSA) is 113 Å². The number of hydroxylamine groups is 2. The summed E-state index contributed by atoms with van der Waals surface area (Å²) >= 11 is 0. The van der Waals surface area contributed by atoms with E-state index in [0.717, 1.165) is 0 Å². The fourth-order valence-electron chi connectivity index (χ4n) is 1.96. The molecule has 8 heteroatoms. The molecule has 1 fully saturated rings. The lowest BCUT2D eigenvalue weighted by atomic mass is 10.1. The van der Waals surface area contributed by atoms with Crippen molar-refractivity contribution in [2.24, 2.45) is 0 Å². The minimum absolute atomic E-state index is 0.0293. The van der Waals surface area contributed by atoms with Crippen LogP contribution in [0.25, 0.3) is 0 Å². The predicted molar refractivity (Wildman–Crippen MR) is 72.3 cm³/mol. The molecule has 8 nitrogen and oxygen atoms in total. The zero-order chi connectivity index (χ0) is 16.1. The van der Waals surface area contributed by atoms with Crippen molar-refractivity contribution >= 4 is 23.9 Å². The number of rotatable bonds is 5. The van der Waals surface area contributed by atoms with E-state index in [2.05, 4.69) is 10.2 Å². The molecular weight excluding hydrogens is 292 g/mol. The first-order valence-corrected chi connectivity index (χ1v) is 6.58. The Balaban J connectivity index is 1.96. The standard InChI is InChI=1S/C14H14N2O6/c17-11-6-7-12(18)16(11)22-14(21)15-10(13(19)20)8-9-4-2-1-3-5-9/h1-5,10H,6-8H2,(H,15,21)(H,19,20)/t10-/m1/s1. The summed E-state index contributed by atoms with van der Waals surface area (Å²) in [5, 5.41) is 11.6. The predicted octanol–water partition coefficient (Wildman–Crippen LogP) is 0.472. The third kappa shape index (κ3) is 3.81. The maximum atomic E-state index is 11.7. The lowest BCUT2D eigenvalue weighted by Gasteiger charge is -2.17. The average Bonchev–Trinajstić information content (AvgIpc) is 2.79. The molecule has 0 radical (unpaired) electrons. The minimum Gasteiger partial charge on any atom is -0.480 e. The first-order valence-electron chi connectivity index (χ1n) is 6.58. The number of carboxylic acids is 1. The number of aliphatic carboxylic acids is 1. The Labute approximate surface area is 125 Å². The summed E-state index contributed by atoms with van der Waals surface area (Å²) in [7, 11) is 0. The van der Waals surface area contributed by atoms with Crippen LogP contribution >= 0.6 is 0 Å². The van der Waals surface area contributed by atoms with Gasteiger partial charge in [0.15, 0.2) is 0 Å². The highest BCUT2D eigenvalue weighted by Crippen LogP contribution is 2.12. The molecule has 22 heavy (non-hydrogen) atoms. The van der Waals surface area contributed by atoms with E-state index in [1.165, 1.54) is 0 Å². The number of amides is 3. The van der Waals surface area contributed by atoms with E-state index >= 15 is 0 Å². The van der Waals surface area contributed by atoms with Crippen molar-refractivity contribution in [1.29, 1.82) is 0 Å². The van der Waals surface area contributed by atoms with E-state index in [0.29, 0.717) is 10.6 Å². The number of nitrogens with one attached hydrogen (secondary N) is 1. The fourth-order valence-corrected chi connectivity index (χ4v) is 1.96. The Bertz CT molecular complexity index is 585. The van der Waals surface area contributed by atoms with Gasteiger partial charge < -0.3 is 15.3 Å². The molecule has 1 atom stereocenters. The van der Waals surface area contributed by atoms with E-state index in [1.807, 2.05) is 0 Å². The maximum absolute atomic E-state index is 11.7. The number of carboxylic acid groups (broad SMARTS) is 1. The summed E-state index contributed by atoms with van der Waals surface area (Å²) in [5.74, 6) is -2.51. The number of carbonyl (C=O) groups is 4. The highest BCUT2D eigenvalue weighted by molar-refractivity contribution is 6.01. The van der Waals surface area contributed by atoms with Crippen molar-refractivity contribution in [2.75, 3.05) is 0 Å². The molecule has 0 bridgehead atoms. The van der Waals surface area contributed by atoms with Gasteiger partial charge in [-0.05, 0) is 5.56 Å². The normalized spacial score (nSPS) is 15.5. The largest absolute Gasteiger partial charge is 0.480 e. The van der Waals surface area contributed by atoms with Gasteiger partial charge in [0.05, 0.1) is 0 Å². The van der Waals surface area contributed by atoms with Gasteiger partial charge in [0, 0.05) is 19.3 Å². The number of nitrogens with zero attached hydrogens (tertiary/aromatic N) is 1. The third-order valence-electron chi connectivity index (χ3n) is 3.05. The van der Waals surface area contributed by atoms with E-state index < -0.39 is 29.9 Å². The van der Waals surface area contributed by atoms with Gasteiger partial charge in [-0.15, -0.1) is 5.06 Å².